The predicted octanol–water partition coefficient (Wildman–Crippen LogP) is 7.45. The fraction of sp³-hybridized carbons (Fsp3) is 0.478. The number of hydrogen-bond donors (Lipinski definition) is 0. The summed E-state index contributed by atoms with van der Waals surface area (Å²) < 4.78 is 13.1. The molecule has 0 spiro atoms. The zero-order valence-electron chi connectivity index (χ0n) is 17.0. The summed E-state index contributed by atoms with van der Waals surface area (Å²) in [6, 6.07) is 10.5. The Morgan fingerprint density at radius 3 is 2.44 bits per heavy atom. The average Bonchev–Trinajstić information content (AvgIpc) is 2.62. The lowest BCUT2D eigenvalue weighted by Crippen LogP contribution is -2.17. The third-order valence-electron chi connectivity index (χ3n) is 4.49. The fourth-order valence-corrected chi connectivity index (χ4v) is 3.84. The van der Waals surface area contributed by atoms with Crippen molar-refractivity contribution in [3.05, 3.63) is 53.2 Å². The molecule has 0 radical (unpaired) electrons. The Balaban J connectivity index is 2.92. The quantitative estimate of drug-likeness (QED) is 0.157. The highest BCUT2D eigenvalue weighted by Gasteiger charge is 2.25. The molecule has 1 aromatic rings. The maximum absolute atomic E-state index is 14.2. The highest BCUT2D eigenvalue weighted by Crippen LogP contribution is 2.33. The normalized spacial score (nSPS) is 16.6. The van der Waals surface area contributed by atoms with Crippen molar-refractivity contribution in [1.82, 2.24) is 0 Å². The highest BCUT2D eigenvalue weighted by atomic mass is 127. The number of alkyl halides is 2. The van der Waals surface area contributed by atoms with E-state index in [2.05, 4.69) is 42.3 Å². The van der Waals surface area contributed by atoms with Crippen LogP contribution in [-0.2, 0) is 6.42 Å². The van der Waals surface area contributed by atoms with Crippen LogP contribution in [-0.4, -0.2) is 9.39 Å². The van der Waals surface area contributed by atoms with Crippen LogP contribution in [0.4, 0.5) is 4.39 Å². The molecule has 2 atom stereocenters. The summed E-state index contributed by atoms with van der Waals surface area (Å²) in [7, 11) is 0. The Morgan fingerprint density at radius 1 is 1.33 bits per heavy atom. The molecule has 1 rings (SSSR count). The van der Waals surface area contributed by atoms with E-state index >= 15 is 0 Å². The summed E-state index contributed by atoms with van der Waals surface area (Å²) in [5.41, 5.74) is 4.58. The lowest BCUT2D eigenvalue weighted by atomic mass is 9.93. The number of benzene rings is 1. The lowest BCUT2D eigenvalue weighted by molar-refractivity contribution is 0.248. The number of rotatable bonds is 9. The topological polar surface area (TPSA) is 36.1 Å². The van der Waals surface area contributed by atoms with E-state index in [1.165, 1.54) is 5.56 Å². The van der Waals surface area contributed by atoms with E-state index in [9.17, 15) is 9.65 Å². The third kappa shape index (κ3) is 7.96. The maximum atomic E-state index is 14.2. The van der Waals surface area contributed by atoms with Gasteiger partial charge in [-0.05, 0) is 90.8 Å². The van der Waals surface area contributed by atoms with Crippen LogP contribution < -0.4 is 0 Å². The van der Waals surface area contributed by atoms with Crippen molar-refractivity contribution in [3.8, 4) is 6.07 Å². The highest BCUT2D eigenvalue weighted by molar-refractivity contribution is 14.1. The molecule has 146 valence electrons. The van der Waals surface area contributed by atoms with Gasteiger partial charge in [-0.1, -0.05) is 51.1 Å². The van der Waals surface area contributed by atoms with Gasteiger partial charge in [0.1, 0.15) is 11.8 Å². The Morgan fingerprint density at radius 2 is 1.96 bits per heavy atom. The molecule has 1 aromatic carbocycles. The largest absolute Gasteiger partial charge is 0.242 e. The molecule has 0 heterocycles. The van der Waals surface area contributed by atoms with Gasteiger partial charge in [-0.3, -0.25) is 0 Å². The van der Waals surface area contributed by atoms with Gasteiger partial charge in [-0.15, -0.1) is 0 Å². The fourth-order valence-electron chi connectivity index (χ4n) is 3.08. The zero-order valence-corrected chi connectivity index (χ0v) is 19.2. The van der Waals surface area contributed by atoms with Crippen molar-refractivity contribution in [2.45, 2.75) is 64.0 Å². The third-order valence-corrected chi connectivity index (χ3v) is 5.70. The first-order chi connectivity index (χ1) is 12.8. The van der Waals surface area contributed by atoms with Crippen molar-refractivity contribution in [2.24, 2.45) is 10.9 Å². The van der Waals surface area contributed by atoms with Crippen LogP contribution in [0, 0.1) is 17.2 Å². The first-order valence-corrected chi connectivity index (χ1v) is 10.6. The van der Waals surface area contributed by atoms with E-state index in [1.54, 1.807) is 0 Å². The van der Waals surface area contributed by atoms with Crippen LogP contribution in [0.1, 0.15) is 65.0 Å². The summed E-state index contributed by atoms with van der Waals surface area (Å²) >= 11 is 1.93. The molecule has 0 aliphatic heterocycles. The van der Waals surface area contributed by atoms with Gasteiger partial charge in [0.15, 0.2) is 3.68 Å². The second-order valence-corrected chi connectivity index (χ2v) is 8.86. The van der Waals surface area contributed by atoms with Crippen LogP contribution >= 0.6 is 22.6 Å². The molecule has 1 unspecified atom stereocenters. The molecule has 2 nitrogen and oxygen atoms in total. The summed E-state index contributed by atoms with van der Waals surface area (Å²) in [4.78, 5) is 4.46. The van der Waals surface area contributed by atoms with Gasteiger partial charge in [0.05, 0.1) is 0 Å². The molecule has 0 aliphatic carbocycles. The summed E-state index contributed by atoms with van der Waals surface area (Å²) in [6.07, 6.45) is 6.61. The van der Waals surface area contributed by atoms with Gasteiger partial charge in [-0.2, -0.15) is 5.26 Å². The Hall–Kier alpha value is -1.48. The number of hydrogen-bond acceptors (Lipinski definition) is 2. The Labute approximate surface area is 177 Å². The Kier molecular flexibility index (Phi) is 9.93. The number of allylic oxidation sites excluding steroid dienone is 4. The molecule has 0 saturated carbocycles. The van der Waals surface area contributed by atoms with Crippen LogP contribution in [0.5, 0.6) is 0 Å². The monoisotopic (exact) mass is 480 g/mol. The van der Waals surface area contributed by atoms with Gasteiger partial charge in [0, 0.05) is 5.71 Å². The Bertz CT molecular complexity index is 737. The number of aliphatic imine (C=N–C) groups is 1. The smallest absolute Gasteiger partial charge is 0.161 e. The van der Waals surface area contributed by atoms with Gasteiger partial charge in [0.2, 0.25) is 0 Å². The van der Waals surface area contributed by atoms with Crippen molar-refractivity contribution in [1.29, 1.82) is 5.26 Å². The minimum absolute atomic E-state index is 0.291. The minimum atomic E-state index is -1.12. The molecule has 0 aliphatic rings. The first-order valence-electron chi connectivity index (χ1n) is 9.55. The van der Waals surface area contributed by atoms with E-state index in [1.807, 2.05) is 62.4 Å². The number of halogens is 2. The molecular formula is C23H30FIN2. The molecule has 0 saturated heterocycles. The van der Waals surface area contributed by atoms with Gasteiger partial charge < -0.3 is 0 Å². The van der Waals surface area contributed by atoms with Gasteiger partial charge >= 0.3 is 0 Å². The second kappa shape index (κ2) is 11.4. The average molecular weight is 480 g/mol. The van der Waals surface area contributed by atoms with Crippen LogP contribution in [0.25, 0.3) is 5.57 Å². The molecule has 0 N–H and O–H groups in total. The second-order valence-electron chi connectivity index (χ2n) is 6.93. The molecule has 0 aromatic heterocycles. The predicted molar refractivity (Wildman–Crippen MR) is 123 cm³/mol. The van der Waals surface area contributed by atoms with Crippen LogP contribution in [0.2, 0.25) is 0 Å². The first kappa shape index (κ1) is 23.6. The summed E-state index contributed by atoms with van der Waals surface area (Å²) in [6.45, 7) is 9.90. The van der Waals surface area contributed by atoms with E-state index in [-0.39, 0.29) is 0 Å². The van der Waals surface area contributed by atoms with Crippen LogP contribution in [0.3, 0.4) is 0 Å². The SMILES string of the molecule is C\C=C(/C(C)=N\C(C#N)=C/CC)c1ccc(C[C@@H](C)CC(F)(I)CC)cc1. The molecule has 0 fully saturated rings. The lowest BCUT2D eigenvalue weighted by Gasteiger charge is -2.21. The maximum Gasteiger partial charge on any atom is 0.161 e. The standard InChI is InChI=1S/C23H30FIN2/c1-6-9-21(16-26)27-18(5)22(7-2)20-12-10-19(11-13-20)14-17(4)15-23(24,25)8-3/h7,9-13,17H,6,8,14-15H2,1-5H3/b21-9-,22-7+,27-18-/t17-,23?/m1/s1. The number of nitriles is 1. The van der Waals surface area contributed by atoms with Crippen molar-refractivity contribution in [3.63, 3.8) is 0 Å². The van der Waals surface area contributed by atoms with Crippen molar-refractivity contribution >= 4 is 33.9 Å². The van der Waals surface area contributed by atoms with E-state index in [0.717, 1.165) is 29.7 Å². The molecule has 4 heteroatoms. The van der Waals surface area contributed by atoms with E-state index in [4.69, 9.17) is 0 Å². The van der Waals surface area contributed by atoms with Gasteiger partial charge in [-0.25, -0.2) is 9.38 Å². The number of nitrogens with zero attached hydrogens (tertiary/aromatic N) is 2. The van der Waals surface area contributed by atoms with E-state index in [0.29, 0.717) is 24.5 Å². The minimum Gasteiger partial charge on any atom is -0.242 e. The van der Waals surface area contributed by atoms with E-state index < -0.39 is 3.68 Å². The van der Waals surface area contributed by atoms with Crippen molar-refractivity contribution < 1.29 is 4.39 Å². The molecule has 0 amide bonds. The van der Waals surface area contributed by atoms with Gasteiger partial charge in [0.25, 0.3) is 0 Å². The molecular weight excluding hydrogens is 450 g/mol. The van der Waals surface area contributed by atoms with Crippen LogP contribution in [0.15, 0.2) is 47.1 Å². The summed E-state index contributed by atoms with van der Waals surface area (Å²) in [5.74, 6) is 0.291. The molecule has 27 heavy (non-hydrogen) atoms. The molecule has 0 bridgehead atoms. The summed E-state index contributed by atoms with van der Waals surface area (Å²) in [5, 5.41) is 9.18. The zero-order chi connectivity index (χ0) is 20.4. The van der Waals surface area contributed by atoms with Crippen molar-refractivity contribution in [2.75, 3.05) is 0 Å².